The number of hydrogen-bond donors (Lipinski definition) is 0. The maximum Gasteiger partial charge on any atom is 0.225 e. The van der Waals surface area contributed by atoms with Crippen molar-refractivity contribution in [2.45, 2.75) is 57.4 Å². The van der Waals surface area contributed by atoms with Gasteiger partial charge in [0.2, 0.25) is 5.91 Å². The molecule has 4 rings (SSSR count). The Labute approximate surface area is 114 Å². The molecule has 3 saturated carbocycles. The van der Waals surface area contributed by atoms with Crippen molar-refractivity contribution in [3.63, 3.8) is 0 Å². The highest BCUT2D eigenvalue weighted by Crippen LogP contribution is 2.55. The number of fused-ring (bicyclic) bond motifs is 1. The van der Waals surface area contributed by atoms with Gasteiger partial charge in [-0.1, -0.05) is 0 Å². The largest absolute Gasteiger partial charge is 0.339 e. The minimum absolute atomic E-state index is 0.169. The van der Waals surface area contributed by atoms with Crippen molar-refractivity contribution in [3.8, 4) is 0 Å². The van der Waals surface area contributed by atoms with Crippen LogP contribution in [0.1, 0.15) is 51.4 Å². The summed E-state index contributed by atoms with van der Waals surface area (Å²) >= 11 is 0. The van der Waals surface area contributed by atoms with Crippen molar-refractivity contribution in [1.29, 1.82) is 0 Å². The Morgan fingerprint density at radius 1 is 1.05 bits per heavy atom. The first-order valence-corrected chi connectivity index (χ1v) is 8.07. The zero-order chi connectivity index (χ0) is 13.0. The van der Waals surface area contributed by atoms with E-state index in [1.807, 2.05) is 0 Å². The van der Waals surface area contributed by atoms with E-state index >= 15 is 0 Å². The lowest BCUT2D eigenvalue weighted by molar-refractivity contribution is -0.138. The van der Waals surface area contributed by atoms with E-state index in [1.165, 1.54) is 6.42 Å². The van der Waals surface area contributed by atoms with Crippen molar-refractivity contribution in [3.05, 3.63) is 0 Å². The Balaban J connectivity index is 1.46. The molecule has 0 aromatic rings. The third-order valence-corrected chi connectivity index (χ3v) is 5.99. The molecule has 4 unspecified atom stereocenters. The monoisotopic (exact) mass is 261 g/mol. The van der Waals surface area contributed by atoms with E-state index in [4.69, 9.17) is 0 Å². The molecule has 104 valence electrons. The minimum atomic E-state index is 0.169. The summed E-state index contributed by atoms with van der Waals surface area (Å²) in [5.74, 6) is 2.99. The number of likely N-dealkylation sites (tertiary alicyclic amines) is 1. The third kappa shape index (κ3) is 1.93. The molecule has 0 N–H and O–H groups in total. The highest BCUT2D eigenvalue weighted by atomic mass is 16.2. The number of carbonyl (C=O) groups is 2. The molecule has 3 aliphatic carbocycles. The topological polar surface area (TPSA) is 37.4 Å². The average molecular weight is 261 g/mol. The molecule has 0 aromatic heterocycles. The average Bonchev–Trinajstić information content (AvgIpc) is 2.84. The van der Waals surface area contributed by atoms with Crippen LogP contribution in [-0.4, -0.2) is 29.2 Å². The summed E-state index contributed by atoms with van der Waals surface area (Å²) in [5, 5.41) is 0. The van der Waals surface area contributed by atoms with Gasteiger partial charge in [-0.2, -0.15) is 0 Å². The molecule has 1 saturated heterocycles. The molecule has 19 heavy (non-hydrogen) atoms. The van der Waals surface area contributed by atoms with Crippen LogP contribution in [0.5, 0.6) is 0 Å². The SMILES string of the molecule is O=C1CCCC1C1CCCN1C(=O)C1CC2CC2C1. The first-order chi connectivity index (χ1) is 9.24. The van der Waals surface area contributed by atoms with Crippen LogP contribution in [0, 0.1) is 23.7 Å². The molecule has 0 radical (unpaired) electrons. The first-order valence-electron chi connectivity index (χ1n) is 8.07. The highest BCUT2D eigenvalue weighted by molar-refractivity contribution is 5.85. The van der Waals surface area contributed by atoms with Crippen molar-refractivity contribution in [2.24, 2.45) is 23.7 Å². The van der Waals surface area contributed by atoms with Gasteiger partial charge in [-0.05, 0) is 56.8 Å². The summed E-state index contributed by atoms with van der Waals surface area (Å²) < 4.78 is 0. The number of Topliss-reactive ketones (excluding diaryl/α,β-unsaturated/α-hetero) is 1. The van der Waals surface area contributed by atoms with Crippen LogP contribution < -0.4 is 0 Å². The van der Waals surface area contributed by atoms with E-state index in [1.54, 1.807) is 0 Å². The number of nitrogens with zero attached hydrogens (tertiary/aromatic N) is 1. The molecule has 1 heterocycles. The van der Waals surface area contributed by atoms with Crippen LogP contribution in [0.25, 0.3) is 0 Å². The minimum Gasteiger partial charge on any atom is -0.339 e. The lowest BCUT2D eigenvalue weighted by Gasteiger charge is -2.31. The second kappa shape index (κ2) is 4.32. The number of amides is 1. The van der Waals surface area contributed by atoms with Gasteiger partial charge in [0, 0.05) is 30.8 Å². The highest BCUT2D eigenvalue weighted by Gasteiger charge is 2.50. The van der Waals surface area contributed by atoms with Crippen LogP contribution in [-0.2, 0) is 9.59 Å². The smallest absolute Gasteiger partial charge is 0.225 e. The van der Waals surface area contributed by atoms with Crippen molar-refractivity contribution in [1.82, 2.24) is 4.90 Å². The van der Waals surface area contributed by atoms with Gasteiger partial charge in [0.15, 0.2) is 0 Å². The summed E-state index contributed by atoms with van der Waals surface area (Å²) in [7, 11) is 0. The predicted molar refractivity (Wildman–Crippen MR) is 71.4 cm³/mol. The molecule has 1 amide bonds. The molecule has 1 aliphatic heterocycles. The fraction of sp³-hybridized carbons (Fsp3) is 0.875. The van der Waals surface area contributed by atoms with Crippen LogP contribution in [0.2, 0.25) is 0 Å². The molecule has 3 nitrogen and oxygen atoms in total. The first kappa shape index (κ1) is 11.9. The molecule has 0 spiro atoms. The van der Waals surface area contributed by atoms with E-state index in [2.05, 4.69) is 4.90 Å². The van der Waals surface area contributed by atoms with Gasteiger partial charge < -0.3 is 4.90 Å². The Morgan fingerprint density at radius 2 is 1.84 bits per heavy atom. The third-order valence-electron chi connectivity index (χ3n) is 5.99. The zero-order valence-electron chi connectivity index (χ0n) is 11.5. The molecule has 4 fully saturated rings. The van der Waals surface area contributed by atoms with Gasteiger partial charge in [0.1, 0.15) is 5.78 Å². The van der Waals surface area contributed by atoms with Crippen LogP contribution >= 0.6 is 0 Å². The molecule has 4 aliphatic rings. The summed E-state index contributed by atoms with van der Waals surface area (Å²) in [5.41, 5.74) is 0. The van der Waals surface area contributed by atoms with Crippen LogP contribution in [0.4, 0.5) is 0 Å². The predicted octanol–water partition coefficient (Wildman–Crippen LogP) is 2.39. The van der Waals surface area contributed by atoms with Gasteiger partial charge in [-0.15, -0.1) is 0 Å². The molecule has 0 bridgehead atoms. The summed E-state index contributed by atoms with van der Waals surface area (Å²) in [6, 6.07) is 0.249. The van der Waals surface area contributed by atoms with Gasteiger partial charge in [-0.25, -0.2) is 0 Å². The molecular formula is C16H23NO2. The molecule has 4 atom stereocenters. The van der Waals surface area contributed by atoms with Crippen LogP contribution in [0.15, 0.2) is 0 Å². The summed E-state index contributed by atoms with van der Waals surface area (Å²) in [6.45, 7) is 0.902. The van der Waals surface area contributed by atoms with Gasteiger partial charge in [-0.3, -0.25) is 9.59 Å². The van der Waals surface area contributed by atoms with E-state index < -0.39 is 0 Å². The lowest BCUT2D eigenvalue weighted by atomic mass is 9.93. The van der Waals surface area contributed by atoms with E-state index in [9.17, 15) is 9.59 Å². The van der Waals surface area contributed by atoms with E-state index in [0.717, 1.165) is 63.3 Å². The standard InChI is InChI=1S/C16H23NO2/c18-15-5-1-3-13(15)14-4-2-6-17(14)16(19)12-8-10-7-11(10)9-12/h10-14H,1-9H2. The fourth-order valence-corrected chi connectivity index (χ4v) is 4.88. The fourth-order valence-electron chi connectivity index (χ4n) is 4.88. The normalized spacial score (nSPS) is 44.7. The van der Waals surface area contributed by atoms with Crippen molar-refractivity contribution < 1.29 is 9.59 Å². The maximum atomic E-state index is 12.7. The number of hydrogen-bond acceptors (Lipinski definition) is 2. The Hall–Kier alpha value is -0.860. The van der Waals surface area contributed by atoms with E-state index in [-0.39, 0.29) is 12.0 Å². The Bertz CT molecular complexity index is 409. The Morgan fingerprint density at radius 3 is 2.53 bits per heavy atom. The second-order valence-corrected chi connectivity index (χ2v) is 7.13. The summed E-state index contributed by atoms with van der Waals surface area (Å²) in [6.07, 6.45) is 8.59. The molecule has 3 heteroatoms. The lowest BCUT2D eigenvalue weighted by Crippen LogP contribution is -2.44. The quantitative estimate of drug-likeness (QED) is 0.765. The van der Waals surface area contributed by atoms with Crippen LogP contribution in [0.3, 0.4) is 0 Å². The Kier molecular flexibility index (Phi) is 2.71. The maximum absolute atomic E-state index is 12.7. The van der Waals surface area contributed by atoms with Gasteiger partial charge in [0.25, 0.3) is 0 Å². The van der Waals surface area contributed by atoms with Crippen molar-refractivity contribution >= 4 is 11.7 Å². The number of rotatable bonds is 2. The number of carbonyl (C=O) groups excluding carboxylic acids is 2. The van der Waals surface area contributed by atoms with Gasteiger partial charge >= 0.3 is 0 Å². The van der Waals surface area contributed by atoms with Gasteiger partial charge in [0.05, 0.1) is 0 Å². The zero-order valence-corrected chi connectivity index (χ0v) is 11.5. The number of ketones is 1. The summed E-state index contributed by atoms with van der Waals surface area (Å²) in [4.78, 5) is 26.8. The second-order valence-electron chi connectivity index (χ2n) is 7.13. The van der Waals surface area contributed by atoms with E-state index in [0.29, 0.717) is 17.6 Å². The molecular weight excluding hydrogens is 238 g/mol. The molecule has 0 aromatic carbocycles. The van der Waals surface area contributed by atoms with Crippen molar-refractivity contribution in [2.75, 3.05) is 6.54 Å².